The zero-order valence-corrected chi connectivity index (χ0v) is 42.2. The SMILES string of the molecule is C=CCC1(n2cn[nH]c2=O)CCC(CO[C@H](C)c2cc(C(F)(F)F)cc(C(F)(F)F)c2)(c2ccccc2)CC1.C[C@@H](OCC1(c2ccccc2)CCC(CC#N)(n2cn[nH]c2=O)CC1)c1cc(C(F)(F)F)cc(C(F)(F)F)c1. The predicted octanol–water partition coefficient (Wildman–Crippen LogP) is 13.7. The Morgan fingerprint density at radius 2 is 0.910 bits per heavy atom. The van der Waals surface area contributed by atoms with E-state index in [1.807, 2.05) is 60.7 Å². The Balaban J connectivity index is 0.000000226. The van der Waals surface area contributed by atoms with E-state index in [1.165, 1.54) is 31.1 Å². The van der Waals surface area contributed by atoms with Crippen molar-refractivity contribution in [1.29, 1.82) is 5.26 Å². The quantitative estimate of drug-likeness (QED) is 0.0770. The molecule has 2 heterocycles. The Hall–Kier alpha value is -6.93. The van der Waals surface area contributed by atoms with Gasteiger partial charge in [0.1, 0.15) is 12.7 Å². The fraction of sp³-hybridized carbons (Fsp3) is 0.436. The first kappa shape index (κ1) is 58.7. The van der Waals surface area contributed by atoms with Gasteiger partial charge >= 0.3 is 36.1 Å². The van der Waals surface area contributed by atoms with Gasteiger partial charge < -0.3 is 9.47 Å². The van der Waals surface area contributed by atoms with Crippen molar-refractivity contribution in [1.82, 2.24) is 29.5 Å². The van der Waals surface area contributed by atoms with E-state index in [4.69, 9.17) is 9.47 Å². The summed E-state index contributed by atoms with van der Waals surface area (Å²) in [6.45, 7) is 6.79. The van der Waals surface area contributed by atoms with Gasteiger partial charge in [-0.3, -0.25) is 9.13 Å². The number of ether oxygens (including phenoxy) is 2. The number of allylic oxidation sites excluding steroid dienone is 1. The van der Waals surface area contributed by atoms with Gasteiger partial charge in [-0.2, -0.15) is 68.1 Å². The highest BCUT2D eigenvalue weighted by atomic mass is 19.4. The summed E-state index contributed by atoms with van der Waals surface area (Å²) < 4.78 is 176. The van der Waals surface area contributed by atoms with Gasteiger partial charge in [-0.1, -0.05) is 66.7 Å². The molecule has 0 unspecified atom stereocenters. The van der Waals surface area contributed by atoms with Crippen LogP contribution in [-0.4, -0.2) is 42.7 Å². The summed E-state index contributed by atoms with van der Waals surface area (Å²) in [4.78, 5) is 24.8. The van der Waals surface area contributed by atoms with Crippen molar-refractivity contribution in [3.63, 3.8) is 0 Å². The van der Waals surface area contributed by atoms with Crippen molar-refractivity contribution >= 4 is 0 Å². The summed E-state index contributed by atoms with van der Waals surface area (Å²) in [5.41, 5.74) is -7.49. The Labute approximate surface area is 439 Å². The zero-order chi connectivity index (χ0) is 57.0. The molecule has 0 spiro atoms. The number of nitrogens with one attached hydrogen (secondary N) is 2. The molecule has 2 aliphatic rings. The lowest BCUT2D eigenvalue weighted by Crippen LogP contribution is -2.48. The number of hydrogen-bond acceptors (Lipinski definition) is 7. The van der Waals surface area contributed by atoms with Crippen molar-refractivity contribution in [2.75, 3.05) is 13.2 Å². The van der Waals surface area contributed by atoms with Crippen LogP contribution in [0.25, 0.3) is 0 Å². The van der Waals surface area contributed by atoms with Crippen molar-refractivity contribution in [2.45, 2.75) is 137 Å². The van der Waals surface area contributed by atoms with Gasteiger partial charge in [-0.15, -0.1) is 6.58 Å². The Bertz CT molecular complexity index is 3070. The summed E-state index contributed by atoms with van der Waals surface area (Å²) in [6.07, 6.45) is -12.8. The van der Waals surface area contributed by atoms with Crippen LogP contribution in [0.5, 0.6) is 0 Å². The van der Waals surface area contributed by atoms with Crippen LogP contribution < -0.4 is 11.4 Å². The number of alkyl halides is 12. The summed E-state index contributed by atoms with van der Waals surface area (Å²) >= 11 is 0. The molecule has 0 saturated heterocycles. The Morgan fingerprint density at radius 1 is 0.577 bits per heavy atom. The second-order valence-electron chi connectivity index (χ2n) is 20.2. The molecule has 78 heavy (non-hydrogen) atoms. The maximum atomic E-state index is 13.4. The first-order valence-electron chi connectivity index (χ1n) is 24.8. The van der Waals surface area contributed by atoms with Crippen LogP contribution in [0.15, 0.2) is 132 Å². The van der Waals surface area contributed by atoms with Crippen molar-refractivity contribution in [3.8, 4) is 6.07 Å². The lowest BCUT2D eigenvalue weighted by Gasteiger charge is -2.47. The fourth-order valence-electron chi connectivity index (χ4n) is 10.8. The van der Waals surface area contributed by atoms with Gasteiger partial charge in [0.25, 0.3) is 0 Å². The molecule has 0 bridgehead atoms. The van der Waals surface area contributed by atoms with E-state index in [2.05, 4.69) is 33.0 Å². The van der Waals surface area contributed by atoms with E-state index < -0.39 is 86.8 Å². The van der Waals surface area contributed by atoms with Crippen molar-refractivity contribution < 1.29 is 62.2 Å². The van der Waals surface area contributed by atoms with Crippen LogP contribution in [0, 0.1) is 11.3 Å². The second-order valence-corrected chi connectivity index (χ2v) is 20.2. The standard InChI is InChI=1S/C28H29F6N3O2.C27H26F6N4O2/c1-3-9-26(37-18-35-36-24(37)38)12-10-25(11-13-26,21-7-5-4-6-8-21)17-39-19(2)20-14-22(27(29,30)31)16-23(15-20)28(32,33)34;1-18(19-13-21(26(28,29)30)15-22(14-19)27(31,32)33)39-16-24(20-5-3-2-4-6-20)7-9-25(10-8-24,11-12-34)37-17-35-36-23(37)38/h3-8,14-16,18-19H,1,9-13,17H2,2H3,(H,36,38);2-6,13-15,17-18H,7-11,16H2,1H3,(H,36,38)/t19-,25?,26?;18-,24?,25?/m11/s1. The van der Waals surface area contributed by atoms with Gasteiger partial charge in [0.15, 0.2) is 0 Å². The summed E-state index contributed by atoms with van der Waals surface area (Å²) in [5, 5.41) is 21.9. The van der Waals surface area contributed by atoms with E-state index in [9.17, 15) is 67.5 Å². The number of rotatable bonds is 15. The minimum absolute atomic E-state index is 0.0126. The maximum Gasteiger partial charge on any atom is 0.416 e. The largest absolute Gasteiger partial charge is 0.416 e. The van der Waals surface area contributed by atoms with Crippen LogP contribution in [0.3, 0.4) is 0 Å². The molecule has 6 aromatic rings. The number of H-pyrrole nitrogens is 2. The highest BCUT2D eigenvalue weighted by Crippen LogP contribution is 2.50. The number of halogens is 12. The molecule has 23 heteroatoms. The summed E-state index contributed by atoms with van der Waals surface area (Å²) in [7, 11) is 0. The van der Waals surface area contributed by atoms with E-state index >= 15 is 0 Å². The van der Waals surface area contributed by atoms with Crippen molar-refractivity contribution in [3.05, 3.63) is 188 Å². The number of hydrogen-bond donors (Lipinski definition) is 2. The van der Waals surface area contributed by atoms with Crippen LogP contribution in [-0.2, 0) is 56.1 Å². The van der Waals surface area contributed by atoms with E-state index in [1.54, 1.807) is 10.6 Å². The summed E-state index contributed by atoms with van der Waals surface area (Å²) in [6, 6.07) is 23.9. The highest BCUT2D eigenvalue weighted by Gasteiger charge is 2.48. The molecule has 2 fully saturated rings. The zero-order valence-electron chi connectivity index (χ0n) is 42.2. The third kappa shape index (κ3) is 13.0. The Morgan fingerprint density at radius 3 is 1.21 bits per heavy atom. The highest BCUT2D eigenvalue weighted by molar-refractivity contribution is 5.37. The van der Waals surface area contributed by atoms with Crippen LogP contribution in [0.4, 0.5) is 52.7 Å². The van der Waals surface area contributed by atoms with Crippen LogP contribution in [0.2, 0.25) is 0 Å². The third-order valence-electron chi connectivity index (χ3n) is 15.5. The van der Waals surface area contributed by atoms with Gasteiger partial charge in [-0.05, 0) is 130 Å². The molecule has 4 aromatic carbocycles. The summed E-state index contributed by atoms with van der Waals surface area (Å²) in [5.74, 6) is 0. The van der Waals surface area contributed by atoms with Gasteiger partial charge in [-0.25, -0.2) is 19.8 Å². The number of nitrogens with zero attached hydrogens (tertiary/aromatic N) is 5. The van der Waals surface area contributed by atoms with E-state index in [-0.39, 0.29) is 48.6 Å². The second kappa shape index (κ2) is 22.8. The lowest BCUT2D eigenvalue weighted by molar-refractivity contribution is -0.145. The predicted molar refractivity (Wildman–Crippen MR) is 261 cm³/mol. The topological polar surface area (TPSA) is 144 Å². The molecular weight excluding hydrogens is 1050 g/mol. The molecule has 0 radical (unpaired) electrons. The first-order valence-corrected chi connectivity index (χ1v) is 24.8. The molecule has 2 saturated carbocycles. The normalized spacial score (nSPS) is 22.9. The maximum absolute atomic E-state index is 13.4. The first-order chi connectivity index (χ1) is 36.6. The molecule has 0 aliphatic heterocycles. The minimum atomic E-state index is -4.96. The molecule has 11 nitrogen and oxygen atoms in total. The molecule has 2 N–H and O–H groups in total. The van der Waals surface area contributed by atoms with Gasteiger partial charge in [0, 0.05) is 10.8 Å². The Kier molecular flexibility index (Phi) is 17.2. The van der Waals surface area contributed by atoms with Crippen molar-refractivity contribution in [2.24, 2.45) is 0 Å². The number of nitriles is 1. The molecule has 2 atom stereocenters. The average molecular weight is 1110 g/mol. The lowest BCUT2D eigenvalue weighted by atomic mass is 9.63. The average Bonchev–Trinajstić information content (AvgIpc) is 4.09. The van der Waals surface area contributed by atoms with E-state index in [0.717, 1.165) is 11.1 Å². The van der Waals surface area contributed by atoms with Crippen LogP contribution in [0.1, 0.15) is 135 Å². The number of aromatic amines is 2. The number of benzene rings is 4. The molecular formula is C55H55F12N7O4. The smallest absolute Gasteiger partial charge is 0.373 e. The van der Waals surface area contributed by atoms with Gasteiger partial charge in [0.05, 0.1) is 71.2 Å². The third-order valence-corrected chi connectivity index (χ3v) is 15.5. The molecule has 8 rings (SSSR count). The molecule has 418 valence electrons. The van der Waals surface area contributed by atoms with Gasteiger partial charge in [0.2, 0.25) is 0 Å². The number of aromatic nitrogens is 6. The molecule has 2 aliphatic carbocycles. The van der Waals surface area contributed by atoms with E-state index in [0.29, 0.717) is 82.1 Å². The molecule has 0 amide bonds. The monoisotopic (exact) mass is 1110 g/mol. The van der Waals surface area contributed by atoms with Crippen LogP contribution >= 0.6 is 0 Å². The minimum Gasteiger partial charge on any atom is -0.373 e. The fourth-order valence-corrected chi connectivity index (χ4v) is 10.8. The molecule has 2 aromatic heterocycles.